The first kappa shape index (κ1) is 10.6. The number of hydrogen-bond donors (Lipinski definition) is 2. The zero-order chi connectivity index (χ0) is 11.5. The second kappa shape index (κ2) is 4.31. The smallest absolute Gasteiger partial charge is 0.221 e. The van der Waals surface area contributed by atoms with Crippen LogP contribution in [-0.4, -0.2) is 26.1 Å². The first-order valence-corrected chi connectivity index (χ1v) is 4.96. The van der Waals surface area contributed by atoms with E-state index in [1.54, 1.807) is 24.3 Å². The van der Waals surface area contributed by atoms with E-state index in [0.717, 1.165) is 11.3 Å². The fourth-order valence-corrected chi connectivity index (χ4v) is 1.50. The number of rotatable bonds is 3. The summed E-state index contributed by atoms with van der Waals surface area (Å²) in [6, 6.07) is 7.20. The number of nitrogens with two attached hydrogens (primary N) is 1. The Balaban J connectivity index is 2.26. The van der Waals surface area contributed by atoms with Crippen molar-refractivity contribution in [1.82, 2.24) is 20.2 Å². The lowest BCUT2D eigenvalue weighted by molar-refractivity contribution is -0.117. The molecule has 0 saturated heterocycles. The van der Waals surface area contributed by atoms with Crippen LogP contribution in [0.2, 0.25) is 0 Å². The van der Waals surface area contributed by atoms with Crippen LogP contribution >= 0.6 is 12.6 Å². The fourth-order valence-electron chi connectivity index (χ4n) is 1.31. The van der Waals surface area contributed by atoms with E-state index in [4.69, 9.17) is 5.73 Å². The van der Waals surface area contributed by atoms with E-state index in [0.29, 0.717) is 5.16 Å². The normalized spacial score (nSPS) is 10.3. The van der Waals surface area contributed by atoms with Crippen molar-refractivity contribution in [3.8, 4) is 5.69 Å². The van der Waals surface area contributed by atoms with E-state index >= 15 is 0 Å². The van der Waals surface area contributed by atoms with E-state index in [1.165, 1.54) is 4.68 Å². The Kier molecular flexibility index (Phi) is 2.86. The maximum absolute atomic E-state index is 10.7. The van der Waals surface area contributed by atoms with Crippen LogP contribution in [0.1, 0.15) is 5.56 Å². The summed E-state index contributed by atoms with van der Waals surface area (Å²) in [6.07, 6.45) is 0.226. The molecular weight excluding hydrogens is 226 g/mol. The zero-order valence-electron chi connectivity index (χ0n) is 8.24. The maximum atomic E-state index is 10.7. The van der Waals surface area contributed by atoms with Crippen molar-refractivity contribution in [2.45, 2.75) is 11.6 Å². The van der Waals surface area contributed by atoms with E-state index in [-0.39, 0.29) is 12.3 Å². The molecule has 1 aromatic carbocycles. The number of hydrogen-bond acceptors (Lipinski definition) is 5. The molecule has 2 rings (SSSR count). The average Bonchev–Trinajstić information content (AvgIpc) is 2.65. The highest BCUT2D eigenvalue weighted by Gasteiger charge is 2.04. The molecule has 2 aromatic rings. The second-order valence-electron chi connectivity index (χ2n) is 3.20. The van der Waals surface area contributed by atoms with Crippen molar-refractivity contribution in [2.75, 3.05) is 0 Å². The minimum Gasteiger partial charge on any atom is -0.369 e. The van der Waals surface area contributed by atoms with Crippen LogP contribution in [0, 0.1) is 0 Å². The van der Waals surface area contributed by atoms with Crippen molar-refractivity contribution < 1.29 is 4.79 Å². The molecule has 0 bridgehead atoms. The number of carbonyl (C=O) groups excluding carboxylic acids is 1. The standard InChI is InChI=1S/C9H9N5OS/c10-8(15)5-6-1-3-7(4-2-6)14-9(16)11-12-13-14/h1-4H,5H2,(H2,10,15)(H,11,13,16). The highest BCUT2D eigenvalue weighted by Crippen LogP contribution is 2.11. The van der Waals surface area contributed by atoms with Gasteiger partial charge in [-0.2, -0.15) is 4.68 Å². The monoisotopic (exact) mass is 235 g/mol. The predicted octanol–water partition coefficient (Wildman–Crippen LogP) is -0.0212. The summed E-state index contributed by atoms with van der Waals surface area (Å²) in [5, 5.41) is 11.3. The van der Waals surface area contributed by atoms with E-state index in [2.05, 4.69) is 28.2 Å². The van der Waals surface area contributed by atoms with Crippen LogP contribution in [0.3, 0.4) is 0 Å². The molecule has 0 atom stereocenters. The van der Waals surface area contributed by atoms with Crippen LogP contribution in [-0.2, 0) is 11.2 Å². The number of carbonyl (C=O) groups is 1. The number of amides is 1. The minimum absolute atomic E-state index is 0.226. The average molecular weight is 235 g/mol. The van der Waals surface area contributed by atoms with Crippen molar-refractivity contribution in [3.63, 3.8) is 0 Å². The molecular formula is C9H9N5OS. The summed E-state index contributed by atoms with van der Waals surface area (Å²) < 4.78 is 1.48. The summed E-state index contributed by atoms with van der Waals surface area (Å²) >= 11 is 4.09. The number of primary amides is 1. The lowest BCUT2D eigenvalue weighted by Gasteiger charge is -2.02. The van der Waals surface area contributed by atoms with Crippen molar-refractivity contribution >= 4 is 18.5 Å². The Morgan fingerprint density at radius 2 is 2.06 bits per heavy atom. The SMILES string of the molecule is NC(=O)Cc1ccc(-n2nnnc2S)cc1. The third-order valence-corrected chi connectivity index (χ3v) is 2.29. The molecule has 1 heterocycles. The van der Waals surface area contributed by atoms with Crippen LogP contribution < -0.4 is 5.73 Å². The molecule has 2 N–H and O–H groups in total. The Hall–Kier alpha value is -1.89. The Labute approximate surface area is 96.9 Å². The van der Waals surface area contributed by atoms with Gasteiger partial charge in [0.25, 0.3) is 0 Å². The van der Waals surface area contributed by atoms with Crippen LogP contribution in [0.15, 0.2) is 29.4 Å². The van der Waals surface area contributed by atoms with Crippen molar-refractivity contribution in [2.24, 2.45) is 5.73 Å². The van der Waals surface area contributed by atoms with Gasteiger partial charge in [-0.15, -0.1) is 17.7 Å². The van der Waals surface area contributed by atoms with Gasteiger partial charge >= 0.3 is 0 Å². The third kappa shape index (κ3) is 2.19. The van der Waals surface area contributed by atoms with Gasteiger partial charge in [0.2, 0.25) is 11.1 Å². The Morgan fingerprint density at radius 1 is 1.38 bits per heavy atom. The molecule has 0 aliphatic carbocycles. The van der Waals surface area contributed by atoms with Crippen molar-refractivity contribution in [1.29, 1.82) is 0 Å². The van der Waals surface area contributed by atoms with Gasteiger partial charge in [0, 0.05) is 0 Å². The molecule has 6 nitrogen and oxygen atoms in total. The number of benzene rings is 1. The van der Waals surface area contributed by atoms with E-state index in [9.17, 15) is 4.79 Å². The van der Waals surface area contributed by atoms with Gasteiger partial charge < -0.3 is 5.73 Å². The molecule has 1 amide bonds. The summed E-state index contributed by atoms with van der Waals surface area (Å²) in [5.74, 6) is -0.356. The Morgan fingerprint density at radius 3 is 2.56 bits per heavy atom. The molecule has 7 heteroatoms. The van der Waals surface area contributed by atoms with E-state index < -0.39 is 0 Å². The lowest BCUT2D eigenvalue weighted by atomic mass is 10.1. The summed E-state index contributed by atoms with van der Waals surface area (Å²) in [7, 11) is 0. The molecule has 0 spiro atoms. The van der Waals surface area contributed by atoms with Crippen LogP contribution in [0.25, 0.3) is 5.69 Å². The van der Waals surface area contributed by atoms with Gasteiger partial charge in [0.05, 0.1) is 12.1 Å². The molecule has 0 aliphatic heterocycles. The van der Waals surface area contributed by atoms with Gasteiger partial charge in [0.1, 0.15) is 0 Å². The molecule has 1 aromatic heterocycles. The molecule has 16 heavy (non-hydrogen) atoms. The number of thiol groups is 1. The number of nitrogens with zero attached hydrogens (tertiary/aromatic N) is 4. The van der Waals surface area contributed by atoms with Crippen molar-refractivity contribution in [3.05, 3.63) is 29.8 Å². The fraction of sp³-hybridized carbons (Fsp3) is 0.111. The van der Waals surface area contributed by atoms with Crippen LogP contribution in [0.5, 0.6) is 0 Å². The first-order valence-electron chi connectivity index (χ1n) is 4.52. The highest BCUT2D eigenvalue weighted by atomic mass is 32.1. The molecule has 82 valence electrons. The molecule has 0 saturated carbocycles. The molecule has 0 unspecified atom stereocenters. The zero-order valence-corrected chi connectivity index (χ0v) is 9.13. The van der Waals surface area contributed by atoms with Gasteiger partial charge in [-0.1, -0.05) is 12.1 Å². The highest BCUT2D eigenvalue weighted by molar-refractivity contribution is 7.80. The van der Waals surface area contributed by atoms with Gasteiger partial charge in [-0.3, -0.25) is 4.79 Å². The molecule has 0 fully saturated rings. The largest absolute Gasteiger partial charge is 0.369 e. The molecule has 0 aliphatic rings. The number of aromatic nitrogens is 4. The minimum atomic E-state index is -0.356. The summed E-state index contributed by atoms with van der Waals surface area (Å²) in [5.41, 5.74) is 6.73. The lowest BCUT2D eigenvalue weighted by Crippen LogP contribution is -2.13. The summed E-state index contributed by atoms with van der Waals surface area (Å²) in [4.78, 5) is 10.7. The third-order valence-electron chi connectivity index (χ3n) is 2.01. The number of tetrazole rings is 1. The quantitative estimate of drug-likeness (QED) is 0.732. The molecule has 0 radical (unpaired) electrons. The second-order valence-corrected chi connectivity index (χ2v) is 3.60. The maximum Gasteiger partial charge on any atom is 0.221 e. The van der Waals surface area contributed by atoms with Gasteiger partial charge in [-0.05, 0) is 28.1 Å². The summed E-state index contributed by atoms with van der Waals surface area (Å²) in [6.45, 7) is 0. The first-order chi connectivity index (χ1) is 7.66. The topological polar surface area (TPSA) is 86.7 Å². The van der Waals surface area contributed by atoms with Gasteiger partial charge in [0.15, 0.2) is 0 Å². The van der Waals surface area contributed by atoms with Gasteiger partial charge in [-0.25, -0.2) is 0 Å². The van der Waals surface area contributed by atoms with E-state index in [1.807, 2.05) is 0 Å². The predicted molar refractivity (Wildman–Crippen MR) is 59.3 cm³/mol. The Bertz CT molecular complexity index is 507. The van der Waals surface area contributed by atoms with Crippen LogP contribution in [0.4, 0.5) is 0 Å².